The number of rotatable bonds is 6. The molecule has 0 bridgehead atoms. The van der Waals surface area contributed by atoms with Crippen molar-refractivity contribution in [3.63, 3.8) is 0 Å². The molecule has 5 nitrogen and oxygen atoms in total. The molecule has 1 aliphatic rings. The number of aliphatic hydroxyl groups excluding tert-OH is 1. The van der Waals surface area contributed by atoms with Gasteiger partial charge < -0.3 is 15.7 Å². The Bertz CT molecular complexity index is 444. The maximum absolute atomic E-state index is 12.0. The van der Waals surface area contributed by atoms with Gasteiger partial charge in [0.05, 0.1) is 6.54 Å². The van der Waals surface area contributed by atoms with E-state index >= 15 is 0 Å². The third-order valence-electron chi connectivity index (χ3n) is 4.04. The van der Waals surface area contributed by atoms with Crippen LogP contribution >= 0.6 is 11.3 Å². The van der Waals surface area contributed by atoms with Crippen molar-refractivity contribution >= 4 is 17.4 Å². The Morgan fingerprint density at radius 1 is 1.48 bits per heavy atom. The Balaban J connectivity index is 1.79. The molecule has 1 saturated carbocycles. The van der Waals surface area contributed by atoms with Crippen LogP contribution in [0.5, 0.6) is 0 Å². The van der Waals surface area contributed by atoms with Gasteiger partial charge in [-0.05, 0) is 32.1 Å². The second-order valence-electron chi connectivity index (χ2n) is 5.71. The maximum atomic E-state index is 12.0. The normalized spacial score (nSPS) is 17.4. The Morgan fingerprint density at radius 3 is 2.86 bits per heavy atom. The molecule has 0 radical (unpaired) electrons. The maximum Gasteiger partial charge on any atom is 0.315 e. The zero-order valence-corrected chi connectivity index (χ0v) is 13.4. The van der Waals surface area contributed by atoms with Gasteiger partial charge >= 0.3 is 6.03 Å². The minimum Gasteiger partial charge on any atom is -0.396 e. The minimum absolute atomic E-state index is 0.0772. The summed E-state index contributed by atoms with van der Waals surface area (Å²) in [6.45, 7) is 2.58. The molecule has 0 saturated heterocycles. The SMILES string of the molecule is Cc1cnc(CNC(=O)NC(CCO)C2CCCCC2)s1. The third-order valence-corrected chi connectivity index (χ3v) is 4.96. The van der Waals surface area contributed by atoms with Crippen molar-refractivity contribution in [3.8, 4) is 0 Å². The van der Waals surface area contributed by atoms with Gasteiger partial charge in [-0.3, -0.25) is 0 Å². The Hall–Kier alpha value is -1.14. The smallest absolute Gasteiger partial charge is 0.315 e. The van der Waals surface area contributed by atoms with Crippen molar-refractivity contribution < 1.29 is 9.90 Å². The van der Waals surface area contributed by atoms with Crippen LogP contribution in [0, 0.1) is 12.8 Å². The molecular formula is C15H25N3O2S. The number of carbonyl (C=O) groups is 1. The lowest BCUT2D eigenvalue weighted by Gasteiger charge is -2.30. The second kappa shape index (κ2) is 8.34. The third kappa shape index (κ3) is 5.28. The summed E-state index contributed by atoms with van der Waals surface area (Å²) in [5.74, 6) is 0.499. The number of thiazole rings is 1. The van der Waals surface area contributed by atoms with Crippen molar-refractivity contribution in [1.82, 2.24) is 15.6 Å². The van der Waals surface area contributed by atoms with Gasteiger partial charge in [-0.1, -0.05) is 19.3 Å². The number of carbonyl (C=O) groups excluding carboxylic acids is 1. The molecule has 3 N–H and O–H groups in total. The highest BCUT2D eigenvalue weighted by atomic mass is 32.1. The average Bonchev–Trinajstić information content (AvgIpc) is 2.91. The average molecular weight is 311 g/mol. The summed E-state index contributed by atoms with van der Waals surface area (Å²) in [5.41, 5.74) is 0. The lowest BCUT2D eigenvalue weighted by molar-refractivity contribution is 0.196. The summed E-state index contributed by atoms with van der Waals surface area (Å²) in [5, 5.41) is 16.0. The number of hydrogen-bond acceptors (Lipinski definition) is 4. The minimum atomic E-state index is -0.160. The van der Waals surface area contributed by atoms with E-state index in [4.69, 9.17) is 0 Å². The summed E-state index contributed by atoms with van der Waals surface area (Å²) in [6.07, 6.45) is 8.50. The van der Waals surface area contributed by atoms with Gasteiger partial charge in [0.2, 0.25) is 0 Å². The van der Waals surface area contributed by atoms with E-state index in [1.54, 1.807) is 11.3 Å². The molecule has 0 spiro atoms. The molecule has 1 fully saturated rings. The Morgan fingerprint density at radius 2 is 2.24 bits per heavy atom. The summed E-state index contributed by atoms with van der Waals surface area (Å²) in [4.78, 5) is 17.4. The van der Waals surface area contributed by atoms with Crippen LogP contribution in [0.3, 0.4) is 0 Å². The zero-order valence-electron chi connectivity index (χ0n) is 12.6. The molecular weight excluding hydrogens is 286 g/mol. The molecule has 1 atom stereocenters. The van der Waals surface area contributed by atoms with E-state index < -0.39 is 0 Å². The molecule has 2 rings (SSSR count). The molecule has 118 valence electrons. The Labute approximate surface area is 130 Å². The van der Waals surface area contributed by atoms with Gasteiger partial charge in [-0.25, -0.2) is 9.78 Å². The van der Waals surface area contributed by atoms with Gasteiger partial charge in [0.25, 0.3) is 0 Å². The number of hydrogen-bond donors (Lipinski definition) is 3. The molecule has 6 heteroatoms. The summed E-state index contributed by atoms with van der Waals surface area (Å²) >= 11 is 1.59. The highest BCUT2D eigenvalue weighted by Crippen LogP contribution is 2.27. The van der Waals surface area contributed by atoms with Crippen LogP contribution in [0.2, 0.25) is 0 Å². The van der Waals surface area contributed by atoms with Crippen molar-refractivity contribution in [2.24, 2.45) is 5.92 Å². The van der Waals surface area contributed by atoms with Gasteiger partial charge in [0, 0.05) is 23.7 Å². The first-order valence-corrected chi connectivity index (χ1v) is 8.57. The van der Waals surface area contributed by atoms with Crippen molar-refractivity contribution in [2.75, 3.05) is 6.61 Å². The van der Waals surface area contributed by atoms with Gasteiger partial charge in [-0.2, -0.15) is 0 Å². The van der Waals surface area contributed by atoms with E-state index in [1.165, 1.54) is 19.3 Å². The van der Waals surface area contributed by atoms with Gasteiger partial charge in [0.15, 0.2) is 0 Å². The molecule has 1 heterocycles. The number of aryl methyl sites for hydroxylation is 1. The molecule has 1 aromatic rings. The number of amides is 2. The van der Waals surface area contributed by atoms with E-state index in [9.17, 15) is 9.90 Å². The van der Waals surface area contributed by atoms with E-state index in [0.717, 1.165) is 22.7 Å². The van der Waals surface area contributed by atoms with E-state index in [0.29, 0.717) is 18.9 Å². The first-order chi connectivity index (χ1) is 10.2. The first kappa shape index (κ1) is 16.2. The van der Waals surface area contributed by atoms with Crippen LogP contribution in [0.25, 0.3) is 0 Å². The standard InChI is InChI=1S/C15H25N3O2S/c1-11-9-16-14(21-11)10-17-15(20)18-13(7-8-19)12-5-3-2-4-6-12/h9,12-13,19H,2-8,10H2,1H3,(H2,17,18,20). The van der Waals surface area contributed by atoms with Crippen LogP contribution in [-0.2, 0) is 6.54 Å². The monoisotopic (exact) mass is 311 g/mol. The number of nitrogens with one attached hydrogen (secondary N) is 2. The Kier molecular flexibility index (Phi) is 6.45. The lowest BCUT2D eigenvalue weighted by atomic mass is 9.83. The molecule has 0 aromatic carbocycles. The topological polar surface area (TPSA) is 74.2 Å². The van der Waals surface area contributed by atoms with E-state index in [-0.39, 0.29) is 18.7 Å². The zero-order chi connectivity index (χ0) is 15.1. The predicted octanol–water partition coefficient (Wildman–Crippen LogP) is 2.58. The summed E-state index contributed by atoms with van der Waals surface area (Å²) in [7, 11) is 0. The van der Waals surface area contributed by atoms with E-state index in [2.05, 4.69) is 15.6 Å². The quantitative estimate of drug-likeness (QED) is 0.756. The largest absolute Gasteiger partial charge is 0.396 e. The molecule has 1 aromatic heterocycles. The van der Waals surface area contributed by atoms with Crippen LogP contribution in [0.4, 0.5) is 4.79 Å². The van der Waals surface area contributed by atoms with Gasteiger partial charge in [-0.15, -0.1) is 11.3 Å². The summed E-state index contributed by atoms with van der Waals surface area (Å²) < 4.78 is 0. The number of aromatic nitrogens is 1. The van der Waals surface area contributed by atoms with Crippen LogP contribution in [0.15, 0.2) is 6.20 Å². The fourth-order valence-corrected chi connectivity index (χ4v) is 3.69. The van der Waals surface area contributed by atoms with Crippen LogP contribution < -0.4 is 10.6 Å². The van der Waals surface area contributed by atoms with Crippen molar-refractivity contribution in [3.05, 3.63) is 16.1 Å². The fourth-order valence-electron chi connectivity index (χ4n) is 2.96. The number of nitrogens with zero attached hydrogens (tertiary/aromatic N) is 1. The molecule has 21 heavy (non-hydrogen) atoms. The highest BCUT2D eigenvalue weighted by Gasteiger charge is 2.24. The van der Waals surface area contributed by atoms with Crippen molar-refractivity contribution in [2.45, 2.75) is 58.0 Å². The van der Waals surface area contributed by atoms with Gasteiger partial charge in [0.1, 0.15) is 5.01 Å². The number of aliphatic hydroxyl groups is 1. The summed E-state index contributed by atoms with van der Waals surface area (Å²) in [6, 6.07) is -0.0831. The molecule has 0 aliphatic heterocycles. The number of urea groups is 1. The lowest BCUT2D eigenvalue weighted by Crippen LogP contribution is -2.46. The highest BCUT2D eigenvalue weighted by molar-refractivity contribution is 7.11. The molecule has 2 amide bonds. The fraction of sp³-hybridized carbons (Fsp3) is 0.733. The van der Waals surface area contributed by atoms with Crippen molar-refractivity contribution in [1.29, 1.82) is 0 Å². The predicted molar refractivity (Wildman–Crippen MR) is 84.3 cm³/mol. The molecule has 1 aliphatic carbocycles. The van der Waals surface area contributed by atoms with E-state index in [1.807, 2.05) is 13.1 Å². The first-order valence-electron chi connectivity index (χ1n) is 7.75. The molecule has 1 unspecified atom stereocenters. The van der Waals surface area contributed by atoms with Crippen LogP contribution in [0.1, 0.15) is 48.4 Å². The second-order valence-corrected chi connectivity index (χ2v) is 7.03. The van der Waals surface area contributed by atoms with Crippen LogP contribution in [-0.4, -0.2) is 28.8 Å².